The molecule has 0 spiro atoms. The van der Waals surface area contributed by atoms with Crippen LogP contribution in [0.1, 0.15) is 44.3 Å². The first-order valence-corrected chi connectivity index (χ1v) is 9.73. The number of nitrogens with zero attached hydrogens (tertiary/aromatic N) is 4. The summed E-state index contributed by atoms with van der Waals surface area (Å²) in [6, 6.07) is 7.48. The van der Waals surface area contributed by atoms with E-state index < -0.39 is 0 Å². The Morgan fingerprint density at radius 3 is 2.68 bits per heavy atom. The van der Waals surface area contributed by atoms with Gasteiger partial charge in [-0.05, 0) is 38.0 Å². The molecule has 0 aliphatic heterocycles. The minimum Gasteiger partial charge on any atom is -0.399 e. The van der Waals surface area contributed by atoms with Gasteiger partial charge in [-0.25, -0.2) is 0 Å². The van der Waals surface area contributed by atoms with Crippen molar-refractivity contribution in [1.29, 1.82) is 0 Å². The number of rotatable bonds is 9. The van der Waals surface area contributed by atoms with Crippen molar-refractivity contribution in [1.82, 2.24) is 9.97 Å². The van der Waals surface area contributed by atoms with Crippen LogP contribution in [0, 0.1) is 5.92 Å². The molecule has 0 bridgehead atoms. The van der Waals surface area contributed by atoms with Crippen molar-refractivity contribution in [3.8, 4) is 0 Å². The third kappa shape index (κ3) is 6.46. The lowest BCUT2D eigenvalue weighted by Crippen LogP contribution is -2.13. The van der Waals surface area contributed by atoms with Crippen LogP contribution < -0.4 is 0 Å². The molecule has 6 nitrogen and oxygen atoms in total. The predicted octanol–water partition coefficient (Wildman–Crippen LogP) is 5.16. The zero-order chi connectivity index (χ0) is 20.5. The van der Waals surface area contributed by atoms with Crippen LogP contribution in [0.25, 0.3) is 0 Å². The van der Waals surface area contributed by atoms with Crippen LogP contribution in [0.4, 0.5) is 0 Å². The third-order valence-corrected chi connectivity index (χ3v) is 4.33. The summed E-state index contributed by atoms with van der Waals surface area (Å²) in [5.41, 5.74) is 3.77. The number of halogens is 2. The molecule has 0 aliphatic rings. The van der Waals surface area contributed by atoms with Crippen molar-refractivity contribution >= 4 is 34.6 Å². The summed E-state index contributed by atoms with van der Waals surface area (Å²) in [5.74, 6) is 0.104. The van der Waals surface area contributed by atoms with Crippen molar-refractivity contribution in [2.75, 3.05) is 13.7 Å². The summed E-state index contributed by atoms with van der Waals surface area (Å²) < 4.78 is 0. The smallest absolute Gasteiger partial charge is 0.117 e. The van der Waals surface area contributed by atoms with Gasteiger partial charge in [0.15, 0.2) is 0 Å². The lowest BCUT2D eigenvalue weighted by Gasteiger charge is -2.11. The van der Waals surface area contributed by atoms with Gasteiger partial charge in [-0.15, -0.1) is 0 Å². The van der Waals surface area contributed by atoms with Crippen LogP contribution in [-0.4, -0.2) is 35.1 Å². The molecule has 0 radical (unpaired) electrons. The zero-order valence-electron chi connectivity index (χ0n) is 16.4. The van der Waals surface area contributed by atoms with Gasteiger partial charge in [0.1, 0.15) is 30.8 Å². The van der Waals surface area contributed by atoms with Gasteiger partial charge in [-0.3, -0.25) is 9.97 Å². The largest absolute Gasteiger partial charge is 0.399 e. The van der Waals surface area contributed by atoms with Gasteiger partial charge < -0.3 is 9.68 Å². The Hall–Kier alpha value is -2.18. The van der Waals surface area contributed by atoms with Gasteiger partial charge in [-0.2, -0.15) is 0 Å². The van der Waals surface area contributed by atoms with Crippen LogP contribution >= 0.6 is 23.2 Å². The molecule has 0 saturated heterocycles. The van der Waals surface area contributed by atoms with Crippen molar-refractivity contribution in [2.24, 2.45) is 16.2 Å². The van der Waals surface area contributed by atoms with Gasteiger partial charge in [0, 0.05) is 17.8 Å². The Balaban J connectivity index is 1.95. The highest BCUT2D eigenvalue weighted by Crippen LogP contribution is 2.21. The molecule has 8 heteroatoms. The summed E-state index contributed by atoms with van der Waals surface area (Å²) in [7, 11) is 1.52. The Bertz CT molecular complexity index is 854. The molecule has 150 valence electrons. The van der Waals surface area contributed by atoms with Gasteiger partial charge >= 0.3 is 0 Å². The molecule has 2 aromatic rings. The van der Waals surface area contributed by atoms with E-state index in [4.69, 9.17) is 32.9 Å². The zero-order valence-corrected chi connectivity index (χ0v) is 18.0. The Labute approximate surface area is 175 Å². The van der Waals surface area contributed by atoms with E-state index in [-0.39, 0.29) is 5.92 Å². The Morgan fingerprint density at radius 2 is 2.00 bits per heavy atom. The first kappa shape index (κ1) is 22.1. The average Bonchev–Trinajstić information content (AvgIpc) is 2.65. The maximum Gasteiger partial charge on any atom is 0.117 e. The van der Waals surface area contributed by atoms with E-state index in [1.165, 1.54) is 7.11 Å². The van der Waals surface area contributed by atoms with Crippen LogP contribution in [-0.2, 0) is 16.1 Å². The predicted molar refractivity (Wildman–Crippen MR) is 113 cm³/mol. The molecular formula is C20H24Cl2N4O2. The van der Waals surface area contributed by atoms with E-state index in [0.717, 1.165) is 29.9 Å². The van der Waals surface area contributed by atoms with Crippen molar-refractivity contribution in [3.05, 3.63) is 57.6 Å². The summed E-state index contributed by atoms with van der Waals surface area (Å²) >= 11 is 12.2. The van der Waals surface area contributed by atoms with Gasteiger partial charge in [0.2, 0.25) is 0 Å². The standard InChI is InChI=1S/C20H24Cl2N4O2/c1-13(2)19(20-17(22)11-15(21)12-23-20)26-28-10-6-8-16-7-5-9-18(24-16)14(3)25-27-4/h5,7,9,11-13H,6,8,10H2,1-4H3/b25-14+,26-19?. The minimum absolute atomic E-state index is 0.104. The molecule has 2 heterocycles. The molecule has 0 atom stereocenters. The third-order valence-electron chi connectivity index (χ3n) is 3.83. The van der Waals surface area contributed by atoms with E-state index in [2.05, 4.69) is 20.3 Å². The van der Waals surface area contributed by atoms with E-state index >= 15 is 0 Å². The number of oxime groups is 2. The topological polar surface area (TPSA) is 69.0 Å². The van der Waals surface area contributed by atoms with Gasteiger partial charge in [-0.1, -0.05) is 53.4 Å². The molecule has 0 saturated carbocycles. The average molecular weight is 423 g/mol. The van der Waals surface area contributed by atoms with Crippen LogP contribution in [0.3, 0.4) is 0 Å². The Morgan fingerprint density at radius 1 is 1.21 bits per heavy atom. The lowest BCUT2D eigenvalue weighted by atomic mass is 10.0. The molecule has 0 aliphatic carbocycles. The van der Waals surface area contributed by atoms with Crippen molar-refractivity contribution < 1.29 is 9.68 Å². The summed E-state index contributed by atoms with van der Waals surface area (Å²) in [6.45, 7) is 6.33. The van der Waals surface area contributed by atoms with Crippen LogP contribution in [0.2, 0.25) is 10.0 Å². The second kappa shape index (κ2) is 11.0. The van der Waals surface area contributed by atoms with E-state index in [9.17, 15) is 0 Å². The molecule has 0 fully saturated rings. The van der Waals surface area contributed by atoms with Gasteiger partial charge in [0.05, 0.1) is 15.7 Å². The molecule has 28 heavy (non-hydrogen) atoms. The SMILES string of the molecule is CO/N=C(\C)c1cccc(CCCON=C(c2ncc(Cl)cc2Cl)C(C)C)n1. The maximum atomic E-state index is 6.24. The molecule has 2 rings (SSSR count). The second-order valence-electron chi connectivity index (χ2n) is 6.43. The highest BCUT2D eigenvalue weighted by atomic mass is 35.5. The highest BCUT2D eigenvalue weighted by molar-refractivity contribution is 6.36. The van der Waals surface area contributed by atoms with Crippen LogP contribution in [0.5, 0.6) is 0 Å². The van der Waals surface area contributed by atoms with Crippen molar-refractivity contribution in [3.63, 3.8) is 0 Å². The normalized spacial score (nSPS) is 12.4. The molecule has 0 N–H and O–H groups in total. The quantitative estimate of drug-likeness (QED) is 0.317. The number of hydrogen-bond acceptors (Lipinski definition) is 6. The molecule has 0 amide bonds. The summed E-state index contributed by atoms with van der Waals surface area (Å²) in [6.07, 6.45) is 3.09. The number of aromatic nitrogens is 2. The maximum absolute atomic E-state index is 6.24. The number of aryl methyl sites for hydroxylation is 1. The first-order chi connectivity index (χ1) is 13.4. The monoisotopic (exact) mass is 422 g/mol. The molecule has 0 unspecified atom stereocenters. The Kier molecular flexibility index (Phi) is 8.67. The number of hydrogen-bond donors (Lipinski definition) is 0. The van der Waals surface area contributed by atoms with E-state index in [0.29, 0.717) is 28.1 Å². The lowest BCUT2D eigenvalue weighted by molar-refractivity contribution is 0.140. The number of pyridine rings is 2. The molecular weight excluding hydrogens is 399 g/mol. The molecule has 2 aromatic heterocycles. The summed E-state index contributed by atoms with van der Waals surface area (Å²) in [4.78, 5) is 19.2. The van der Waals surface area contributed by atoms with E-state index in [1.54, 1.807) is 12.3 Å². The first-order valence-electron chi connectivity index (χ1n) is 8.97. The van der Waals surface area contributed by atoms with Gasteiger partial charge in [0.25, 0.3) is 0 Å². The second-order valence-corrected chi connectivity index (χ2v) is 7.27. The summed E-state index contributed by atoms with van der Waals surface area (Å²) in [5, 5.41) is 9.11. The fourth-order valence-corrected chi connectivity index (χ4v) is 2.94. The fourth-order valence-electron chi connectivity index (χ4n) is 2.46. The highest BCUT2D eigenvalue weighted by Gasteiger charge is 2.15. The molecule has 0 aromatic carbocycles. The van der Waals surface area contributed by atoms with Crippen molar-refractivity contribution in [2.45, 2.75) is 33.6 Å². The fraction of sp³-hybridized carbons (Fsp3) is 0.400. The minimum atomic E-state index is 0.104. The van der Waals surface area contributed by atoms with E-state index in [1.807, 2.05) is 39.0 Å². The van der Waals surface area contributed by atoms with Crippen LogP contribution in [0.15, 0.2) is 40.8 Å².